The van der Waals surface area contributed by atoms with Gasteiger partial charge in [0.1, 0.15) is 5.69 Å². The Bertz CT molecular complexity index is 754. The molecule has 2 unspecified atom stereocenters. The lowest BCUT2D eigenvalue weighted by Gasteiger charge is -2.46. The highest BCUT2D eigenvalue weighted by Gasteiger charge is 2.37. The Kier molecular flexibility index (Phi) is 5.34. The zero-order chi connectivity index (χ0) is 19.0. The average molecular weight is 374 g/mol. The molecule has 1 aromatic rings. The van der Waals surface area contributed by atoms with Crippen molar-refractivity contribution in [3.63, 3.8) is 0 Å². The van der Waals surface area contributed by atoms with Crippen LogP contribution in [0.5, 0.6) is 0 Å². The summed E-state index contributed by atoms with van der Waals surface area (Å²) in [4.78, 5) is 29.4. The molecule has 0 saturated carbocycles. The minimum atomic E-state index is -0.153. The molecule has 3 aliphatic heterocycles. The molecule has 4 rings (SSSR count). The first-order chi connectivity index (χ1) is 13.0. The molecule has 148 valence electrons. The first-order valence-corrected chi connectivity index (χ1v) is 10.0. The number of aromatic nitrogens is 1. The molecule has 2 saturated heterocycles. The van der Waals surface area contributed by atoms with Crippen LogP contribution in [0.3, 0.4) is 0 Å². The zero-order valence-corrected chi connectivity index (χ0v) is 16.3. The number of fused-ring (bicyclic) bond motifs is 4. The van der Waals surface area contributed by atoms with Gasteiger partial charge in [0, 0.05) is 50.5 Å². The van der Waals surface area contributed by atoms with Gasteiger partial charge in [-0.3, -0.25) is 14.5 Å². The van der Waals surface area contributed by atoms with E-state index in [9.17, 15) is 9.59 Å². The van der Waals surface area contributed by atoms with Crippen LogP contribution < -0.4 is 10.9 Å². The van der Waals surface area contributed by atoms with Gasteiger partial charge in [0.05, 0.1) is 6.54 Å². The van der Waals surface area contributed by atoms with Crippen LogP contribution in [0.4, 0.5) is 5.69 Å². The van der Waals surface area contributed by atoms with Crippen LogP contribution in [-0.4, -0.2) is 73.3 Å². The molecule has 27 heavy (non-hydrogen) atoms. The minimum absolute atomic E-state index is 0.0613. The number of pyridine rings is 1. The monoisotopic (exact) mass is 374 g/mol. The Morgan fingerprint density at radius 3 is 2.74 bits per heavy atom. The van der Waals surface area contributed by atoms with E-state index in [1.807, 2.05) is 24.7 Å². The predicted octanol–water partition coefficient (Wildman–Crippen LogP) is 0.947. The lowest BCUT2D eigenvalue weighted by molar-refractivity contribution is -0.116. The molecule has 1 aromatic heterocycles. The quantitative estimate of drug-likeness (QED) is 0.850. The van der Waals surface area contributed by atoms with Crippen LogP contribution in [-0.2, 0) is 16.1 Å². The number of anilines is 1. The van der Waals surface area contributed by atoms with Crippen molar-refractivity contribution >= 4 is 11.6 Å². The number of likely N-dealkylation sites (tertiary alicyclic amines) is 1. The van der Waals surface area contributed by atoms with Crippen LogP contribution >= 0.6 is 0 Å². The molecule has 1 amide bonds. The van der Waals surface area contributed by atoms with E-state index < -0.39 is 0 Å². The molecule has 2 fully saturated rings. The molecule has 1 N–H and O–H groups in total. The summed E-state index contributed by atoms with van der Waals surface area (Å²) < 4.78 is 7.42. The van der Waals surface area contributed by atoms with E-state index in [0.717, 1.165) is 57.8 Å². The van der Waals surface area contributed by atoms with Crippen LogP contribution in [0.15, 0.2) is 16.9 Å². The molecule has 2 bridgehead atoms. The normalized spacial score (nSPS) is 26.0. The van der Waals surface area contributed by atoms with Crippen molar-refractivity contribution in [2.75, 3.05) is 52.3 Å². The topological polar surface area (TPSA) is 66.8 Å². The molecule has 0 radical (unpaired) electrons. The van der Waals surface area contributed by atoms with Crippen molar-refractivity contribution < 1.29 is 9.53 Å². The van der Waals surface area contributed by atoms with Crippen molar-refractivity contribution in [1.82, 2.24) is 14.4 Å². The summed E-state index contributed by atoms with van der Waals surface area (Å²) in [5, 5.41) is 2.78. The lowest BCUT2D eigenvalue weighted by atomic mass is 9.82. The third-order valence-corrected chi connectivity index (χ3v) is 6.07. The zero-order valence-electron chi connectivity index (χ0n) is 16.3. The highest BCUT2D eigenvalue weighted by Crippen LogP contribution is 2.37. The van der Waals surface area contributed by atoms with E-state index in [1.54, 1.807) is 11.0 Å². The first kappa shape index (κ1) is 18.7. The summed E-state index contributed by atoms with van der Waals surface area (Å²) in [5.41, 5.74) is 1.46. The highest BCUT2D eigenvalue weighted by atomic mass is 16.5. The lowest BCUT2D eigenvalue weighted by Crippen LogP contribution is -2.51. The second-order valence-corrected chi connectivity index (χ2v) is 8.47. The summed E-state index contributed by atoms with van der Waals surface area (Å²) >= 11 is 0. The SMILES string of the molecule is CN(C)CC(=O)Nc1ccc2n(c1=O)CC1CC2CN(C2CCOCC2)C1. The van der Waals surface area contributed by atoms with Gasteiger partial charge in [-0.2, -0.15) is 0 Å². The third-order valence-electron chi connectivity index (χ3n) is 6.07. The maximum Gasteiger partial charge on any atom is 0.274 e. The van der Waals surface area contributed by atoms with Gasteiger partial charge >= 0.3 is 0 Å². The Labute approximate surface area is 160 Å². The second kappa shape index (κ2) is 7.73. The Morgan fingerprint density at radius 1 is 1.22 bits per heavy atom. The molecular weight excluding hydrogens is 344 g/mol. The number of hydrogen-bond donors (Lipinski definition) is 1. The number of amides is 1. The van der Waals surface area contributed by atoms with Crippen molar-refractivity contribution in [2.24, 2.45) is 5.92 Å². The molecule has 4 heterocycles. The van der Waals surface area contributed by atoms with E-state index in [-0.39, 0.29) is 18.0 Å². The Hall–Kier alpha value is -1.70. The summed E-state index contributed by atoms with van der Waals surface area (Å²) in [6.07, 6.45) is 3.39. The number of ether oxygens (including phenoxy) is 1. The van der Waals surface area contributed by atoms with E-state index in [1.165, 1.54) is 0 Å². The summed E-state index contributed by atoms with van der Waals surface area (Å²) in [5.74, 6) is 0.753. The fraction of sp³-hybridized carbons (Fsp3) is 0.700. The number of piperidine rings is 1. The van der Waals surface area contributed by atoms with Crippen LogP contribution in [0.2, 0.25) is 0 Å². The van der Waals surface area contributed by atoms with Gasteiger partial charge in [0.15, 0.2) is 0 Å². The smallest absolute Gasteiger partial charge is 0.274 e. The molecule has 2 atom stereocenters. The average Bonchev–Trinajstić information content (AvgIpc) is 2.64. The van der Waals surface area contributed by atoms with Gasteiger partial charge in [-0.25, -0.2) is 0 Å². The minimum Gasteiger partial charge on any atom is -0.381 e. The van der Waals surface area contributed by atoms with Gasteiger partial charge in [-0.1, -0.05) is 0 Å². The number of carbonyl (C=O) groups excluding carboxylic acids is 1. The number of nitrogens with one attached hydrogen (secondary N) is 1. The van der Waals surface area contributed by atoms with Gasteiger partial charge in [0.25, 0.3) is 5.56 Å². The number of nitrogens with zero attached hydrogens (tertiary/aromatic N) is 3. The van der Waals surface area contributed by atoms with Crippen LogP contribution in [0.25, 0.3) is 0 Å². The van der Waals surface area contributed by atoms with E-state index in [2.05, 4.69) is 10.2 Å². The fourth-order valence-electron chi connectivity index (χ4n) is 4.90. The first-order valence-electron chi connectivity index (χ1n) is 10.0. The maximum atomic E-state index is 13.0. The van der Waals surface area contributed by atoms with Gasteiger partial charge in [-0.15, -0.1) is 0 Å². The number of rotatable bonds is 4. The van der Waals surface area contributed by atoms with Crippen LogP contribution in [0.1, 0.15) is 30.9 Å². The molecule has 0 aromatic carbocycles. The van der Waals surface area contributed by atoms with E-state index in [0.29, 0.717) is 23.6 Å². The fourth-order valence-corrected chi connectivity index (χ4v) is 4.90. The van der Waals surface area contributed by atoms with Crippen molar-refractivity contribution in [3.05, 3.63) is 28.2 Å². The largest absolute Gasteiger partial charge is 0.381 e. The summed E-state index contributed by atoms with van der Waals surface area (Å²) in [6, 6.07) is 4.45. The standard InChI is InChI=1S/C20H30N4O3/c1-22(2)13-19(25)21-17-3-4-18-15-9-14(11-24(18)20(17)26)10-23(12-15)16-5-7-27-8-6-16/h3-4,14-16H,5-13H2,1-2H3,(H,21,25). The van der Waals surface area contributed by atoms with Crippen molar-refractivity contribution in [2.45, 2.75) is 37.8 Å². The Balaban J connectivity index is 1.52. The van der Waals surface area contributed by atoms with E-state index in [4.69, 9.17) is 4.74 Å². The maximum absolute atomic E-state index is 13.0. The molecule has 7 nitrogen and oxygen atoms in total. The Morgan fingerprint density at radius 2 is 2.00 bits per heavy atom. The summed E-state index contributed by atoms with van der Waals surface area (Å²) in [6.45, 7) is 4.83. The van der Waals surface area contributed by atoms with Gasteiger partial charge in [-0.05, 0) is 51.4 Å². The van der Waals surface area contributed by atoms with Crippen molar-refractivity contribution in [3.8, 4) is 0 Å². The van der Waals surface area contributed by atoms with Crippen LogP contribution in [0, 0.1) is 5.92 Å². The summed E-state index contributed by atoms with van der Waals surface area (Å²) in [7, 11) is 3.68. The molecule has 0 aliphatic carbocycles. The number of carbonyl (C=O) groups is 1. The molecular formula is C20H30N4O3. The predicted molar refractivity (Wildman–Crippen MR) is 104 cm³/mol. The highest BCUT2D eigenvalue weighted by molar-refractivity contribution is 5.92. The molecule has 0 spiro atoms. The second-order valence-electron chi connectivity index (χ2n) is 8.47. The van der Waals surface area contributed by atoms with Crippen molar-refractivity contribution in [1.29, 1.82) is 0 Å². The number of likely N-dealkylation sites (N-methyl/N-ethyl adjacent to an activating group) is 1. The molecule has 3 aliphatic rings. The number of hydrogen-bond acceptors (Lipinski definition) is 5. The van der Waals surface area contributed by atoms with Gasteiger partial charge in [0.2, 0.25) is 5.91 Å². The third kappa shape index (κ3) is 3.95. The molecule has 7 heteroatoms. The van der Waals surface area contributed by atoms with E-state index >= 15 is 0 Å². The van der Waals surface area contributed by atoms with Gasteiger partial charge < -0.3 is 19.5 Å².